The fraction of sp³-hybridized carbons (Fsp3) is 0.462. The Balaban J connectivity index is 2.56. The van der Waals surface area contributed by atoms with Crippen molar-refractivity contribution in [1.29, 1.82) is 0 Å². The van der Waals surface area contributed by atoms with E-state index in [2.05, 4.69) is 21.2 Å². The normalized spacial score (nSPS) is 12.1. The molecule has 2 amide bonds. The van der Waals surface area contributed by atoms with Crippen molar-refractivity contribution in [2.24, 2.45) is 0 Å². The van der Waals surface area contributed by atoms with Crippen molar-refractivity contribution in [3.8, 4) is 0 Å². The molecule has 0 radical (unpaired) electrons. The third kappa shape index (κ3) is 5.18. The van der Waals surface area contributed by atoms with Gasteiger partial charge in [-0.05, 0) is 24.6 Å². The zero-order valence-corrected chi connectivity index (χ0v) is 12.9. The number of aliphatic hydroxyl groups is 1. The topological polar surface area (TPSA) is 61.8 Å². The van der Waals surface area contributed by atoms with Crippen LogP contribution >= 0.6 is 15.9 Å². The van der Waals surface area contributed by atoms with E-state index in [0.717, 1.165) is 10.0 Å². The number of ether oxygens (including phenoxy) is 1. The van der Waals surface area contributed by atoms with Crippen molar-refractivity contribution in [1.82, 2.24) is 4.90 Å². The fourth-order valence-electron chi connectivity index (χ4n) is 1.53. The highest BCUT2D eigenvalue weighted by molar-refractivity contribution is 9.10. The Hall–Kier alpha value is -1.11. The van der Waals surface area contributed by atoms with E-state index in [1.54, 1.807) is 7.05 Å². The van der Waals surface area contributed by atoms with Crippen molar-refractivity contribution in [3.63, 3.8) is 0 Å². The zero-order chi connectivity index (χ0) is 14.4. The largest absolute Gasteiger partial charge is 0.389 e. The van der Waals surface area contributed by atoms with E-state index in [4.69, 9.17) is 4.74 Å². The van der Waals surface area contributed by atoms with Gasteiger partial charge in [0.2, 0.25) is 0 Å². The number of aryl methyl sites for hydroxylation is 1. The van der Waals surface area contributed by atoms with Crippen LogP contribution in [0.15, 0.2) is 22.7 Å². The molecule has 0 spiro atoms. The number of anilines is 1. The summed E-state index contributed by atoms with van der Waals surface area (Å²) in [7, 11) is 3.13. The van der Waals surface area contributed by atoms with Gasteiger partial charge in [0.25, 0.3) is 0 Å². The minimum absolute atomic E-state index is 0.202. The number of benzene rings is 1. The van der Waals surface area contributed by atoms with Crippen LogP contribution in [0, 0.1) is 6.92 Å². The number of hydrogen-bond acceptors (Lipinski definition) is 3. The second-order valence-electron chi connectivity index (χ2n) is 4.38. The van der Waals surface area contributed by atoms with E-state index in [9.17, 15) is 9.90 Å². The first-order valence-corrected chi connectivity index (χ1v) is 6.68. The first-order valence-electron chi connectivity index (χ1n) is 5.89. The lowest BCUT2D eigenvalue weighted by molar-refractivity contribution is 0.0501. The Labute approximate surface area is 121 Å². The summed E-state index contributed by atoms with van der Waals surface area (Å²) in [4.78, 5) is 13.3. The van der Waals surface area contributed by atoms with Crippen molar-refractivity contribution < 1.29 is 14.6 Å². The molecule has 1 aromatic rings. The Kier molecular flexibility index (Phi) is 6.27. The van der Waals surface area contributed by atoms with Crippen LogP contribution in [-0.2, 0) is 4.74 Å². The molecule has 6 heteroatoms. The Morgan fingerprint density at radius 1 is 1.58 bits per heavy atom. The molecule has 0 bridgehead atoms. The highest BCUT2D eigenvalue weighted by Gasteiger charge is 2.13. The Bertz CT molecular complexity index is 440. The molecular formula is C13H19BrN2O3. The van der Waals surface area contributed by atoms with Gasteiger partial charge in [-0.1, -0.05) is 22.0 Å². The third-order valence-corrected chi connectivity index (χ3v) is 3.47. The van der Waals surface area contributed by atoms with Crippen LogP contribution in [0.3, 0.4) is 0 Å². The van der Waals surface area contributed by atoms with Gasteiger partial charge in [-0.25, -0.2) is 4.79 Å². The van der Waals surface area contributed by atoms with Crippen LogP contribution in [0.5, 0.6) is 0 Å². The molecule has 0 heterocycles. The van der Waals surface area contributed by atoms with Crippen molar-refractivity contribution in [2.45, 2.75) is 13.0 Å². The second kappa shape index (κ2) is 7.47. The molecule has 0 fully saturated rings. The summed E-state index contributed by atoms with van der Waals surface area (Å²) < 4.78 is 5.75. The van der Waals surface area contributed by atoms with Crippen molar-refractivity contribution >= 4 is 27.6 Å². The number of urea groups is 1. The molecular weight excluding hydrogens is 312 g/mol. The zero-order valence-electron chi connectivity index (χ0n) is 11.3. The molecule has 2 N–H and O–H groups in total. The number of halogens is 1. The molecule has 5 nitrogen and oxygen atoms in total. The van der Waals surface area contributed by atoms with E-state index in [1.165, 1.54) is 12.0 Å². The van der Waals surface area contributed by atoms with Crippen LogP contribution in [0.4, 0.5) is 10.5 Å². The Morgan fingerprint density at radius 2 is 2.26 bits per heavy atom. The predicted molar refractivity (Wildman–Crippen MR) is 78.4 cm³/mol. The summed E-state index contributed by atoms with van der Waals surface area (Å²) in [5, 5.41) is 12.3. The number of amides is 2. The van der Waals surface area contributed by atoms with Gasteiger partial charge in [-0.15, -0.1) is 0 Å². The molecule has 0 aromatic heterocycles. The molecule has 106 valence electrons. The predicted octanol–water partition coefficient (Wildman–Crippen LogP) is 2.23. The van der Waals surface area contributed by atoms with Gasteiger partial charge in [0.15, 0.2) is 0 Å². The lowest BCUT2D eigenvalue weighted by Crippen LogP contribution is -2.38. The fourth-order valence-corrected chi connectivity index (χ4v) is 1.91. The van der Waals surface area contributed by atoms with Crippen LogP contribution < -0.4 is 5.32 Å². The quantitative estimate of drug-likeness (QED) is 0.870. The summed E-state index contributed by atoms with van der Waals surface area (Å²) in [6, 6.07) is 5.31. The number of nitrogens with zero attached hydrogens (tertiary/aromatic N) is 1. The van der Waals surface area contributed by atoms with Gasteiger partial charge in [-0.3, -0.25) is 0 Å². The van der Waals surface area contributed by atoms with Gasteiger partial charge in [0.05, 0.1) is 19.3 Å². The third-order valence-electron chi connectivity index (χ3n) is 2.61. The average molecular weight is 331 g/mol. The van der Waals surface area contributed by atoms with E-state index in [1.807, 2.05) is 25.1 Å². The number of carbonyl (C=O) groups is 1. The smallest absolute Gasteiger partial charge is 0.321 e. The van der Waals surface area contributed by atoms with Gasteiger partial charge in [0.1, 0.15) is 0 Å². The lowest BCUT2D eigenvalue weighted by Gasteiger charge is -2.21. The van der Waals surface area contributed by atoms with Gasteiger partial charge in [-0.2, -0.15) is 0 Å². The Morgan fingerprint density at radius 3 is 2.84 bits per heavy atom. The van der Waals surface area contributed by atoms with Crippen molar-refractivity contribution in [2.75, 3.05) is 32.6 Å². The van der Waals surface area contributed by atoms with E-state index < -0.39 is 6.10 Å². The minimum Gasteiger partial charge on any atom is -0.389 e. The molecule has 0 aliphatic carbocycles. The minimum atomic E-state index is -0.689. The van der Waals surface area contributed by atoms with E-state index >= 15 is 0 Å². The van der Waals surface area contributed by atoms with E-state index in [-0.39, 0.29) is 19.2 Å². The summed E-state index contributed by atoms with van der Waals surface area (Å²) in [6.45, 7) is 2.39. The number of carbonyl (C=O) groups excluding carboxylic acids is 1. The standard InChI is InChI=1S/C13H19BrN2O3/c1-9-4-5-10(6-12(9)14)15-13(18)16(2)7-11(17)8-19-3/h4-6,11,17H,7-8H2,1-3H3,(H,15,18). The number of likely N-dealkylation sites (N-methyl/N-ethyl adjacent to an activating group) is 1. The maximum Gasteiger partial charge on any atom is 0.321 e. The monoisotopic (exact) mass is 330 g/mol. The molecule has 19 heavy (non-hydrogen) atoms. The van der Waals surface area contributed by atoms with Gasteiger partial charge in [0, 0.05) is 24.3 Å². The first kappa shape index (κ1) is 15.9. The molecule has 1 atom stereocenters. The maximum absolute atomic E-state index is 11.9. The number of nitrogens with one attached hydrogen (secondary N) is 1. The molecule has 1 aromatic carbocycles. The molecule has 0 saturated carbocycles. The average Bonchev–Trinajstić information content (AvgIpc) is 2.34. The van der Waals surface area contributed by atoms with E-state index in [0.29, 0.717) is 5.69 Å². The van der Waals surface area contributed by atoms with Crippen LogP contribution in [0.2, 0.25) is 0 Å². The number of methoxy groups -OCH3 is 1. The second-order valence-corrected chi connectivity index (χ2v) is 5.24. The highest BCUT2D eigenvalue weighted by atomic mass is 79.9. The van der Waals surface area contributed by atoms with Gasteiger partial charge >= 0.3 is 6.03 Å². The number of hydrogen-bond donors (Lipinski definition) is 2. The molecule has 0 aliphatic rings. The molecule has 0 aliphatic heterocycles. The first-order chi connectivity index (χ1) is 8.93. The lowest BCUT2D eigenvalue weighted by atomic mass is 10.2. The van der Waals surface area contributed by atoms with Crippen LogP contribution in [0.1, 0.15) is 5.56 Å². The molecule has 1 rings (SSSR count). The summed E-state index contributed by atoms with van der Waals surface area (Å²) >= 11 is 3.41. The number of aliphatic hydroxyl groups excluding tert-OH is 1. The summed E-state index contributed by atoms with van der Waals surface area (Å²) in [6.07, 6.45) is -0.689. The SMILES string of the molecule is COCC(O)CN(C)C(=O)Nc1ccc(C)c(Br)c1. The van der Waals surface area contributed by atoms with Gasteiger partial charge < -0.3 is 20.1 Å². The van der Waals surface area contributed by atoms with Crippen LogP contribution in [0.25, 0.3) is 0 Å². The highest BCUT2D eigenvalue weighted by Crippen LogP contribution is 2.20. The number of rotatable bonds is 5. The molecule has 0 saturated heterocycles. The summed E-state index contributed by atoms with van der Waals surface area (Å²) in [5.41, 5.74) is 1.80. The molecule has 1 unspecified atom stereocenters. The van der Waals surface area contributed by atoms with Crippen LogP contribution in [-0.4, -0.2) is 49.5 Å². The van der Waals surface area contributed by atoms with Crippen molar-refractivity contribution in [3.05, 3.63) is 28.2 Å². The summed E-state index contributed by atoms with van der Waals surface area (Å²) in [5.74, 6) is 0. The maximum atomic E-state index is 11.9.